The number of pyridine rings is 1. The van der Waals surface area contributed by atoms with Gasteiger partial charge in [-0.05, 0) is 68.3 Å². The second-order valence-electron chi connectivity index (χ2n) is 7.42. The van der Waals surface area contributed by atoms with Gasteiger partial charge in [0, 0.05) is 20.9 Å². The summed E-state index contributed by atoms with van der Waals surface area (Å²) in [4.78, 5) is 26.0. The summed E-state index contributed by atoms with van der Waals surface area (Å²) in [7, 11) is 0. The summed E-state index contributed by atoms with van der Waals surface area (Å²) in [6.45, 7) is 6.03. The van der Waals surface area contributed by atoms with Gasteiger partial charge in [0.2, 0.25) is 5.91 Å². The topological polar surface area (TPSA) is 51.1 Å². The molecule has 0 radical (unpaired) electrons. The highest BCUT2D eigenvalue weighted by Crippen LogP contribution is 2.26. The summed E-state index contributed by atoms with van der Waals surface area (Å²) in [5.74, 6) is -0.130. The highest BCUT2D eigenvalue weighted by molar-refractivity contribution is 9.10. The number of rotatable bonds is 3. The molecule has 4 rings (SSSR count). The van der Waals surface area contributed by atoms with E-state index in [0.717, 1.165) is 37.9 Å². The van der Waals surface area contributed by atoms with Crippen molar-refractivity contribution in [3.05, 3.63) is 86.0 Å². The first-order chi connectivity index (χ1) is 13.8. The van der Waals surface area contributed by atoms with Crippen molar-refractivity contribution in [3.8, 4) is 0 Å². The van der Waals surface area contributed by atoms with Crippen LogP contribution < -0.4 is 10.7 Å². The van der Waals surface area contributed by atoms with Gasteiger partial charge >= 0.3 is 0 Å². The van der Waals surface area contributed by atoms with Crippen molar-refractivity contribution in [2.24, 2.45) is 0 Å². The van der Waals surface area contributed by atoms with E-state index in [0.29, 0.717) is 10.8 Å². The Morgan fingerprint density at radius 2 is 1.59 bits per heavy atom. The van der Waals surface area contributed by atoms with Crippen LogP contribution in [0.15, 0.2) is 63.9 Å². The molecule has 29 heavy (non-hydrogen) atoms. The number of carbonyl (C=O) groups excluding carboxylic acids is 1. The monoisotopic (exact) mass is 448 g/mol. The van der Waals surface area contributed by atoms with Gasteiger partial charge in [-0.25, -0.2) is 0 Å². The van der Waals surface area contributed by atoms with Gasteiger partial charge < -0.3 is 9.88 Å². The lowest BCUT2D eigenvalue weighted by Crippen LogP contribution is -2.22. The molecule has 0 saturated heterocycles. The molecule has 0 fully saturated rings. The largest absolute Gasteiger partial charge is 0.331 e. The van der Waals surface area contributed by atoms with Gasteiger partial charge in [-0.3, -0.25) is 9.59 Å². The fourth-order valence-corrected chi connectivity index (χ4v) is 4.53. The van der Waals surface area contributed by atoms with Crippen LogP contribution >= 0.6 is 15.9 Å². The molecule has 0 aliphatic carbocycles. The van der Waals surface area contributed by atoms with Crippen molar-refractivity contribution < 1.29 is 4.79 Å². The molecule has 5 heteroatoms. The summed E-state index contributed by atoms with van der Waals surface area (Å²) in [5, 5.41) is 4.30. The Morgan fingerprint density at radius 1 is 0.931 bits per heavy atom. The zero-order valence-electron chi connectivity index (χ0n) is 16.5. The number of para-hydroxylation sites is 1. The predicted octanol–water partition coefficient (Wildman–Crippen LogP) is 5.48. The van der Waals surface area contributed by atoms with Crippen molar-refractivity contribution >= 4 is 49.3 Å². The maximum Gasteiger partial charge on any atom is 0.244 e. The van der Waals surface area contributed by atoms with E-state index in [-0.39, 0.29) is 17.9 Å². The third-order valence-electron chi connectivity index (χ3n) is 5.19. The van der Waals surface area contributed by atoms with Gasteiger partial charge in [0.1, 0.15) is 6.54 Å². The molecular weight excluding hydrogens is 428 g/mol. The number of aryl methyl sites for hydroxylation is 3. The molecule has 1 heterocycles. The third kappa shape index (κ3) is 3.58. The molecular formula is C24H21BrN2O2. The van der Waals surface area contributed by atoms with Crippen LogP contribution in [-0.4, -0.2) is 10.5 Å². The second-order valence-corrected chi connectivity index (χ2v) is 8.33. The lowest BCUT2D eigenvalue weighted by Gasteiger charge is -2.17. The molecule has 4 aromatic rings. The first kappa shape index (κ1) is 19.4. The summed E-state index contributed by atoms with van der Waals surface area (Å²) >= 11 is 3.49. The Kier molecular flexibility index (Phi) is 5.01. The number of halogens is 1. The van der Waals surface area contributed by atoms with Crippen LogP contribution in [0.2, 0.25) is 0 Å². The molecule has 0 aliphatic rings. The Hall–Kier alpha value is -2.92. The van der Waals surface area contributed by atoms with Gasteiger partial charge in [-0.1, -0.05) is 39.7 Å². The van der Waals surface area contributed by atoms with Crippen molar-refractivity contribution in [2.75, 3.05) is 5.32 Å². The van der Waals surface area contributed by atoms with Crippen molar-refractivity contribution in [1.82, 2.24) is 4.57 Å². The fraction of sp³-hybridized carbons (Fsp3) is 0.167. The maximum atomic E-state index is 13.0. The Bertz CT molecular complexity index is 1320. The van der Waals surface area contributed by atoms with E-state index in [9.17, 15) is 9.59 Å². The van der Waals surface area contributed by atoms with Crippen LogP contribution in [0.25, 0.3) is 21.8 Å². The van der Waals surface area contributed by atoms with Gasteiger partial charge in [-0.2, -0.15) is 0 Å². The average molecular weight is 449 g/mol. The molecule has 146 valence electrons. The van der Waals surface area contributed by atoms with Crippen molar-refractivity contribution in [3.63, 3.8) is 0 Å². The van der Waals surface area contributed by atoms with E-state index >= 15 is 0 Å². The smallest absolute Gasteiger partial charge is 0.244 e. The summed E-state index contributed by atoms with van der Waals surface area (Å²) in [6, 6.07) is 17.2. The highest BCUT2D eigenvalue weighted by atomic mass is 79.9. The normalized spacial score (nSPS) is 11.2. The minimum Gasteiger partial charge on any atom is -0.331 e. The Morgan fingerprint density at radius 3 is 2.31 bits per heavy atom. The van der Waals surface area contributed by atoms with Crippen LogP contribution in [-0.2, 0) is 11.3 Å². The van der Waals surface area contributed by atoms with Crippen molar-refractivity contribution in [2.45, 2.75) is 27.3 Å². The Labute approximate surface area is 177 Å². The van der Waals surface area contributed by atoms with Gasteiger partial charge in [0.05, 0.1) is 11.0 Å². The van der Waals surface area contributed by atoms with Gasteiger partial charge in [0.15, 0.2) is 5.43 Å². The molecule has 1 N–H and O–H groups in total. The minimum absolute atomic E-state index is 0.00411. The Balaban J connectivity index is 1.82. The summed E-state index contributed by atoms with van der Waals surface area (Å²) in [5.41, 5.74) is 5.35. The molecule has 0 saturated carbocycles. The standard InChI is InChI=1S/C24H21BrN2O2/c1-14-8-9-21-19(10-14)24(29)18-6-4-5-7-20(18)27(21)13-22(28)26-23-15(2)11-17(25)12-16(23)3/h4-12H,13H2,1-3H3,(H,26,28). The molecule has 0 bridgehead atoms. The highest BCUT2D eigenvalue weighted by Gasteiger charge is 2.15. The maximum absolute atomic E-state index is 13.0. The number of benzene rings is 3. The summed E-state index contributed by atoms with van der Waals surface area (Å²) < 4.78 is 2.91. The first-order valence-corrected chi connectivity index (χ1v) is 10.2. The predicted molar refractivity (Wildman–Crippen MR) is 123 cm³/mol. The van der Waals surface area contributed by atoms with Gasteiger partial charge in [-0.15, -0.1) is 0 Å². The van der Waals surface area contributed by atoms with Crippen molar-refractivity contribution in [1.29, 1.82) is 0 Å². The molecule has 0 atom stereocenters. The van der Waals surface area contributed by atoms with Crippen LogP contribution in [0.3, 0.4) is 0 Å². The number of hydrogen-bond acceptors (Lipinski definition) is 2. The van der Waals surface area contributed by atoms with Crippen LogP contribution in [0.4, 0.5) is 5.69 Å². The minimum atomic E-state index is -0.130. The molecule has 0 unspecified atom stereocenters. The number of carbonyl (C=O) groups is 1. The molecule has 0 aliphatic heterocycles. The zero-order valence-corrected chi connectivity index (χ0v) is 18.1. The quantitative estimate of drug-likeness (QED) is 0.421. The molecule has 1 amide bonds. The first-order valence-electron chi connectivity index (χ1n) is 9.43. The third-order valence-corrected chi connectivity index (χ3v) is 5.65. The fourth-order valence-electron chi connectivity index (χ4n) is 3.84. The number of fused-ring (bicyclic) bond motifs is 2. The number of amides is 1. The number of hydrogen-bond donors (Lipinski definition) is 1. The molecule has 3 aromatic carbocycles. The van der Waals surface area contributed by atoms with Crippen LogP contribution in [0.5, 0.6) is 0 Å². The van der Waals surface area contributed by atoms with Crippen LogP contribution in [0, 0.1) is 20.8 Å². The molecule has 4 nitrogen and oxygen atoms in total. The van der Waals surface area contributed by atoms with E-state index in [4.69, 9.17) is 0 Å². The van der Waals surface area contributed by atoms with E-state index in [1.807, 2.05) is 79.9 Å². The van der Waals surface area contributed by atoms with Gasteiger partial charge in [0.25, 0.3) is 0 Å². The lowest BCUT2D eigenvalue weighted by atomic mass is 10.1. The average Bonchev–Trinajstić information content (AvgIpc) is 2.68. The number of nitrogens with one attached hydrogen (secondary N) is 1. The van der Waals surface area contributed by atoms with E-state index in [1.165, 1.54) is 0 Å². The molecule has 1 aromatic heterocycles. The molecule has 0 spiro atoms. The number of anilines is 1. The lowest BCUT2D eigenvalue weighted by molar-refractivity contribution is -0.116. The SMILES string of the molecule is Cc1ccc2c(c1)c(=O)c1ccccc1n2CC(=O)Nc1c(C)cc(Br)cc1C. The van der Waals surface area contributed by atoms with E-state index in [1.54, 1.807) is 0 Å². The zero-order chi connectivity index (χ0) is 20.7. The van der Waals surface area contributed by atoms with Crippen LogP contribution in [0.1, 0.15) is 16.7 Å². The number of aromatic nitrogens is 1. The second kappa shape index (κ2) is 7.48. The number of nitrogens with zero attached hydrogens (tertiary/aromatic N) is 1. The van der Waals surface area contributed by atoms with E-state index < -0.39 is 0 Å². The van der Waals surface area contributed by atoms with E-state index in [2.05, 4.69) is 21.2 Å². The summed E-state index contributed by atoms with van der Waals surface area (Å²) in [6.07, 6.45) is 0.